The van der Waals surface area contributed by atoms with Crippen molar-refractivity contribution in [1.82, 2.24) is 4.90 Å². The number of hydrogen-bond acceptors (Lipinski definition) is 4. The number of ether oxygens (including phenoxy) is 2. The molecule has 0 amide bonds. The van der Waals surface area contributed by atoms with Crippen LogP contribution in [0, 0.1) is 0 Å². The molecule has 1 fully saturated rings. The molecule has 0 N–H and O–H groups in total. The van der Waals surface area contributed by atoms with Gasteiger partial charge in [0.25, 0.3) is 0 Å². The summed E-state index contributed by atoms with van der Waals surface area (Å²) in [5.41, 5.74) is 3.50. The molecule has 1 aliphatic heterocycles. The van der Waals surface area contributed by atoms with Crippen LogP contribution in [0.15, 0.2) is 53.0 Å². The van der Waals surface area contributed by atoms with Crippen molar-refractivity contribution in [1.29, 1.82) is 0 Å². The number of allylic oxidation sites excluding steroid dienone is 1. The first-order valence-corrected chi connectivity index (χ1v) is 9.61. The number of benzene rings is 2. The molecule has 0 bridgehead atoms. The van der Waals surface area contributed by atoms with Crippen LogP contribution in [0.3, 0.4) is 0 Å². The molecule has 26 heavy (non-hydrogen) atoms. The standard InChI is InChI=1S/C21H20BrNO3/c22-20-18(15-5-2-1-3-6-15)19-16(21(20)24)7-4-8-17(19)26-14-11-23-9-12-25-13-10-23/h1-8H,9-14H2. The third kappa shape index (κ3) is 3.34. The number of Topliss-reactive ketones (excluding diaryl/α,β-unsaturated/α-hetero) is 1. The highest BCUT2D eigenvalue weighted by Gasteiger charge is 2.31. The van der Waals surface area contributed by atoms with E-state index in [1.165, 1.54) is 0 Å². The highest BCUT2D eigenvalue weighted by molar-refractivity contribution is 9.12. The van der Waals surface area contributed by atoms with Gasteiger partial charge in [-0.1, -0.05) is 42.5 Å². The molecule has 0 radical (unpaired) electrons. The molecule has 0 aromatic heterocycles. The topological polar surface area (TPSA) is 38.8 Å². The van der Waals surface area contributed by atoms with Crippen LogP contribution >= 0.6 is 15.9 Å². The molecule has 0 atom stereocenters. The van der Waals surface area contributed by atoms with Crippen molar-refractivity contribution >= 4 is 27.3 Å². The summed E-state index contributed by atoms with van der Waals surface area (Å²) in [6, 6.07) is 15.7. The van der Waals surface area contributed by atoms with Crippen molar-refractivity contribution in [2.75, 3.05) is 39.5 Å². The Kier molecular flexibility index (Phi) is 5.20. The van der Waals surface area contributed by atoms with Gasteiger partial charge in [0.15, 0.2) is 0 Å². The Morgan fingerprint density at radius 3 is 2.58 bits per heavy atom. The molecule has 2 aromatic carbocycles. The fourth-order valence-corrected chi connectivity index (χ4v) is 4.07. The number of carbonyl (C=O) groups is 1. The molecule has 0 unspecified atom stereocenters. The largest absolute Gasteiger partial charge is 0.492 e. The second kappa shape index (κ2) is 7.74. The van der Waals surface area contributed by atoms with E-state index < -0.39 is 0 Å². The number of carbonyl (C=O) groups excluding carboxylic acids is 1. The second-order valence-electron chi connectivity index (χ2n) is 6.37. The molecular weight excluding hydrogens is 394 g/mol. The molecule has 134 valence electrons. The summed E-state index contributed by atoms with van der Waals surface area (Å²) >= 11 is 3.50. The van der Waals surface area contributed by atoms with Crippen molar-refractivity contribution in [3.05, 3.63) is 69.7 Å². The monoisotopic (exact) mass is 413 g/mol. The maximum absolute atomic E-state index is 12.7. The Morgan fingerprint density at radius 2 is 1.81 bits per heavy atom. The molecular formula is C21H20BrNO3. The maximum Gasteiger partial charge on any atom is 0.201 e. The van der Waals surface area contributed by atoms with E-state index in [9.17, 15) is 4.79 Å². The van der Waals surface area contributed by atoms with Crippen LogP contribution in [0.1, 0.15) is 21.5 Å². The van der Waals surface area contributed by atoms with Crippen LogP contribution in [0.5, 0.6) is 5.75 Å². The van der Waals surface area contributed by atoms with Gasteiger partial charge in [0.05, 0.1) is 17.7 Å². The van der Waals surface area contributed by atoms with Crippen LogP contribution in [-0.4, -0.2) is 50.1 Å². The molecule has 0 spiro atoms. The number of morpholine rings is 1. The summed E-state index contributed by atoms with van der Waals surface area (Å²) in [6.45, 7) is 4.88. The van der Waals surface area contributed by atoms with Crippen molar-refractivity contribution in [2.24, 2.45) is 0 Å². The highest BCUT2D eigenvalue weighted by Crippen LogP contribution is 2.44. The Hall–Kier alpha value is -1.95. The lowest BCUT2D eigenvalue weighted by atomic mass is 9.98. The molecule has 2 aromatic rings. The average Bonchev–Trinajstić information content (AvgIpc) is 2.95. The van der Waals surface area contributed by atoms with Crippen LogP contribution in [0.4, 0.5) is 0 Å². The van der Waals surface area contributed by atoms with Gasteiger partial charge in [-0.15, -0.1) is 0 Å². The third-order valence-corrected chi connectivity index (χ3v) is 5.53. The number of hydrogen-bond donors (Lipinski definition) is 0. The lowest BCUT2D eigenvalue weighted by molar-refractivity contribution is 0.0322. The van der Waals surface area contributed by atoms with Gasteiger partial charge in [0.2, 0.25) is 5.78 Å². The molecule has 4 rings (SSSR count). The molecule has 1 saturated heterocycles. The van der Waals surface area contributed by atoms with Gasteiger partial charge >= 0.3 is 0 Å². The van der Waals surface area contributed by atoms with E-state index in [4.69, 9.17) is 9.47 Å². The zero-order valence-electron chi connectivity index (χ0n) is 14.4. The van der Waals surface area contributed by atoms with E-state index in [0.29, 0.717) is 16.7 Å². The highest BCUT2D eigenvalue weighted by atomic mass is 79.9. The van der Waals surface area contributed by atoms with Gasteiger partial charge in [-0.25, -0.2) is 0 Å². The zero-order valence-corrected chi connectivity index (χ0v) is 16.0. The molecule has 4 nitrogen and oxygen atoms in total. The Morgan fingerprint density at radius 1 is 1.04 bits per heavy atom. The summed E-state index contributed by atoms with van der Waals surface area (Å²) in [6.07, 6.45) is 0. The number of rotatable bonds is 5. The molecule has 5 heteroatoms. The predicted octanol–water partition coefficient (Wildman–Crippen LogP) is 3.75. The van der Waals surface area contributed by atoms with Crippen LogP contribution in [0.2, 0.25) is 0 Å². The first-order valence-electron chi connectivity index (χ1n) is 8.82. The molecule has 2 aliphatic rings. The van der Waals surface area contributed by atoms with Gasteiger partial charge in [0, 0.05) is 36.3 Å². The summed E-state index contributed by atoms with van der Waals surface area (Å²) in [7, 11) is 0. The van der Waals surface area contributed by atoms with E-state index in [2.05, 4.69) is 20.8 Å². The number of fused-ring (bicyclic) bond motifs is 1. The van der Waals surface area contributed by atoms with Gasteiger partial charge in [-0.2, -0.15) is 0 Å². The van der Waals surface area contributed by atoms with Crippen LogP contribution < -0.4 is 4.74 Å². The van der Waals surface area contributed by atoms with Gasteiger partial charge in [-0.3, -0.25) is 9.69 Å². The quantitative estimate of drug-likeness (QED) is 0.747. The fourth-order valence-electron chi connectivity index (χ4n) is 3.43. The zero-order chi connectivity index (χ0) is 17.9. The first kappa shape index (κ1) is 17.5. The number of ketones is 1. The Bertz CT molecular complexity index is 842. The predicted molar refractivity (Wildman–Crippen MR) is 105 cm³/mol. The first-order chi connectivity index (χ1) is 12.8. The van der Waals surface area contributed by atoms with Gasteiger partial charge < -0.3 is 9.47 Å². The van der Waals surface area contributed by atoms with E-state index >= 15 is 0 Å². The molecule has 0 saturated carbocycles. The van der Waals surface area contributed by atoms with Crippen molar-refractivity contribution in [3.8, 4) is 5.75 Å². The Balaban J connectivity index is 1.60. The van der Waals surface area contributed by atoms with E-state index in [0.717, 1.165) is 55.3 Å². The maximum atomic E-state index is 12.7. The Labute approximate surface area is 161 Å². The van der Waals surface area contributed by atoms with Crippen LogP contribution in [0.25, 0.3) is 5.57 Å². The van der Waals surface area contributed by atoms with E-state index in [1.807, 2.05) is 48.5 Å². The normalized spacial score (nSPS) is 17.5. The van der Waals surface area contributed by atoms with Crippen LogP contribution in [-0.2, 0) is 4.74 Å². The molecule has 1 heterocycles. The lowest BCUT2D eigenvalue weighted by Gasteiger charge is -2.26. The molecule has 1 aliphatic carbocycles. The third-order valence-electron chi connectivity index (χ3n) is 4.77. The summed E-state index contributed by atoms with van der Waals surface area (Å²) < 4.78 is 12.1. The van der Waals surface area contributed by atoms with Gasteiger partial charge in [-0.05, 0) is 27.6 Å². The summed E-state index contributed by atoms with van der Waals surface area (Å²) in [5, 5.41) is 0. The van der Waals surface area contributed by atoms with E-state index in [-0.39, 0.29) is 5.78 Å². The fraction of sp³-hybridized carbons (Fsp3) is 0.286. The van der Waals surface area contributed by atoms with E-state index in [1.54, 1.807) is 0 Å². The SMILES string of the molecule is O=C1C(Br)=C(c2ccccc2)c2c(OCCN3CCOCC3)cccc21. The number of nitrogens with zero attached hydrogens (tertiary/aromatic N) is 1. The minimum atomic E-state index is 0.0116. The summed E-state index contributed by atoms with van der Waals surface area (Å²) in [5.74, 6) is 0.773. The van der Waals surface area contributed by atoms with Crippen molar-refractivity contribution in [2.45, 2.75) is 0 Å². The second-order valence-corrected chi connectivity index (χ2v) is 7.16. The van der Waals surface area contributed by atoms with Gasteiger partial charge in [0.1, 0.15) is 12.4 Å². The van der Waals surface area contributed by atoms with Crippen molar-refractivity contribution in [3.63, 3.8) is 0 Å². The lowest BCUT2D eigenvalue weighted by Crippen LogP contribution is -2.38. The number of halogens is 1. The minimum Gasteiger partial charge on any atom is -0.492 e. The summed E-state index contributed by atoms with van der Waals surface area (Å²) in [4.78, 5) is 15.0. The van der Waals surface area contributed by atoms with Crippen molar-refractivity contribution < 1.29 is 14.3 Å². The average molecular weight is 414 g/mol. The minimum absolute atomic E-state index is 0.0116. The smallest absolute Gasteiger partial charge is 0.201 e.